The van der Waals surface area contributed by atoms with Crippen molar-refractivity contribution in [3.63, 3.8) is 0 Å². The molecule has 0 bridgehead atoms. The van der Waals surface area contributed by atoms with Crippen molar-refractivity contribution in [1.29, 1.82) is 0 Å². The second-order valence-corrected chi connectivity index (χ2v) is 3.90. The van der Waals surface area contributed by atoms with Crippen LogP contribution in [0.1, 0.15) is 6.42 Å². The van der Waals surface area contributed by atoms with Crippen molar-refractivity contribution < 1.29 is 4.74 Å². The Balaban J connectivity index is 1.63. The highest BCUT2D eigenvalue weighted by Gasteiger charge is 2.47. The Morgan fingerprint density at radius 2 is 1.80 bits per heavy atom. The third-order valence-electron chi connectivity index (χ3n) is 3.14. The van der Waals surface area contributed by atoms with Gasteiger partial charge in [-0.3, -0.25) is 4.90 Å². The first-order valence-corrected chi connectivity index (χ1v) is 4.25. The molecule has 0 amide bonds. The van der Waals surface area contributed by atoms with Crippen molar-refractivity contribution in [3.8, 4) is 0 Å². The molecule has 1 saturated carbocycles. The van der Waals surface area contributed by atoms with Crippen molar-refractivity contribution in [3.05, 3.63) is 0 Å². The lowest BCUT2D eigenvalue weighted by molar-refractivity contribution is -0.0605. The number of piperidine rings is 1. The van der Waals surface area contributed by atoms with Gasteiger partial charge < -0.3 is 4.74 Å². The third-order valence-corrected chi connectivity index (χ3v) is 3.14. The molecular weight excluding hydrogens is 126 g/mol. The summed E-state index contributed by atoms with van der Waals surface area (Å²) in [6.45, 7) is 4.75. The second-order valence-electron chi connectivity index (χ2n) is 3.90. The number of hydrogen-bond donors (Lipinski definition) is 0. The van der Waals surface area contributed by atoms with Crippen LogP contribution in [0.25, 0.3) is 0 Å². The molecule has 3 fully saturated rings. The van der Waals surface area contributed by atoms with Crippen LogP contribution < -0.4 is 0 Å². The van der Waals surface area contributed by atoms with Gasteiger partial charge in [0, 0.05) is 13.1 Å². The lowest BCUT2D eigenvalue weighted by atomic mass is 10.2. The molecule has 0 unspecified atom stereocenters. The van der Waals surface area contributed by atoms with Crippen LogP contribution in [0.4, 0.5) is 0 Å². The largest absolute Gasteiger partial charge is 0.378 e. The second kappa shape index (κ2) is 1.74. The number of rotatable bonds is 1. The van der Waals surface area contributed by atoms with Gasteiger partial charge in [-0.25, -0.2) is 0 Å². The molecule has 0 aromatic rings. The van der Waals surface area contributed by atoms with E-state index < -0.39 is 0 Å². The minimum atomic E-state index is 0.799. The number of nitrogens with zero attached hydrogens (tertiary/aromatic N) is 1. The molecule has 0 radical (unpaired) electrons. The monoisotopic (exact) mass is 139 g/mol. The van der Waals surface area contributed by atoms with Gasteiger partial charge in [0.15, 0.2) is 0 Å². The van der Waals surface area contributed by atoms with Gasteiger partial charge >= 0.3 is 0 Å². The quantitative estimate of drug-likeness (QED) is 0.519. The maximum absolute atomic E-state index is 5.16. The molecular formula is C8H13NO. The summed E-state index contributed by atoms with van der Waals surface area (Å²) >= 11 is 0. The number of likely N-dealkylation sites (tertiary alicyclic amines) is 1. The minimum absolute atomic E-state index is 0.799. The molecule has 2 aliphatic heterocycles. The molecule has 56 valence electrons. The van der Waals surface area contributed by atoms with E-state index >= 15 is 0 Å². The van der Waals surface area contributed by atoms with Crippen molar-refractivity contribution in [1.82, 2.24) is 4.90 Å². The molecule has 1 aliphatic carbocycles. The van der Waals surface area contributed by atoms with E-state index in [0.29, 0.717) is 0 Å². The highest BCUT2D eigenvalue weighted by atomic mass is 16.5. The SMILES string of the molecule is C1OCC1N1C[C@H]2C[C@H]2C1. The van der Waals surface area contributed by atoms with Crippen LogP contribution >= 0.6 is 0 Å². The third kappa shape index (κ3) is 0.663. The fourth-order valence-electron chi connectivity index (χ4n) is 2.17. The van der Waals surface area contributed by atoms with E-state index in [0.717, 1.165) is 31.1 Å². The molecule has 3 aliphatic rings. The maximum atomic E-state index is 5.16. The molecule has 3 rings (SSSR count). The fourth-order valence-corrected chi connectivity index (χ4v) is 2.17. The maximum Gasteiger partial charge on any atom is 0.0645 e. The van der Waals surface area contributed by atoms with Crippen LogP contribution in [0.15, 0.2) is 0 Å². The van der Waals surface area contributed by atoms with E-state index in [1.165, 1.54) is 19.5 Å². The normalized spacial score (nSPS) is 46.8. The highest BCUT2D eigenvalue weighted by Crippen LogP contribution is 2.45. The predicted molar refractivity (Wildman–Crippen MR) is 37.8 cm³/mol. The molecule has 2 saturated heterocycles. The molecule has 2 atom stereocenters. The van der Waals surface area contributed by atoms with E-state index in [2.05, 4.69) is 4.90 Å². The van der Waals surface area contributed by atoms with Crippen LogP contribution in [0.2, 0.25) is 0 Å². The lowest BCUT2D eigenvalue weighted by Gasteiger charge is -2.35. The van der Waals surface area contributed by atoms with Gasteiger partial charge in [0.1, 0.15) is 0 Å². The summed E-state index contributed by atoms with van der Waals surface area (Å²) in [6, 6.07) is 0.799. The van der Waals surface area contributed by atoms with Gasteiger partial charge in [-0.2, -0.15) is 0 Å². The molecule has 2 heteroatoms. The molecule has 2 heterocycles. The Morgan fingerprint density at radius 1 is 1.10 bits per heavy atom. The van der Waals surface area contributed by atoms with Crippen molar-refractivity contribution in [2.75, 3.05) is 26.3 Å². The molecule has 0 aromatic carbocycles. The fraction of sp³-hybridized carbons (Fsp3) is 1.00. The topological polar surface area (TPSA) is 12.5 Å². The van der Waals surface area contributed by atoms with E-state index in [1.807, 2.05) is 0 Å². The Labute approximate surface area is 61.1 Å². The summed E-state index contributed by atoms with van der Waals surface area (Å²) in [5.74, 6) is 2.17. The average Bonchev–Trinajstić information content (AvgIpc) is 2.36. The van der Waals surface area contributed by atoms with Crippen LogP contribution in [0, 0.1) is 11.8 Å². The van der Waals surface area contributed by atoms with Crippen LogP contribution in [0.5, 0.6) is 0 Å². The molecule has 2 nitrogen and oxygen atoms in total. The summed E-state index contributed by atoms with van der Waals surface area (Å²) in [5, 5.41) is 0. The number of ether oxygens (including phenoxy) is 1. The van der Waals surface area contributed by atoms with Gasteiger partial charge in [-0.15, -0.1) is 0 Å². The zero-order chi connectivity index (χ0) is 6.55. The van der Waals surface area contributed by atoms with Crippen LogP contribution in [0.3, 0.4) is 0 Å². The van der Waals surface area contributed by atoms with E-state index in [1.54, 1.807) is 0 Å². The van der Waals surface area contributed by atoms with E-state index in [-0.39, 0.29) is 0 Å². The van der Waals surface area contributed by atoms with Gasteiger partial charge in [0.05, 0.1) is 19.3 Å². The predicted octanol–water partition coefficient (Wildman–Crippen LogP) is 0.337. The Kier molecular flexibility index (Phi) is 0.968. The first-order chi connectivity index (χ1) is 4.93. The first-order valence-electron chi connectivity index (χ1n) is 4.25. The van der Waals surface area contributed by atoms with Crippen molar-refractivity contribution in [2.24, 2.45) is 11.8 Å². The zero-order valence-corrected chi connectivity index (χ0v) is 6.12. The molecule has 10 heavy (non-hydrogen) atoms. The smallest absolute Gasteiger partial charge is 0.0645 e. The number of fused-ring (bicyclic) bond motifs is 1. The van der Waals surface area contributed by atoms with Gasteiger partial charge in [0.25, 0.3) is 0 Å². The van der Waals surface area contributed by atoms with Crippen LogP contribution in [-0.2, 0) is 4.74 Å². The van der Waals surface area contributed by atoms with Gasteiger partial charge in [-0.1, -0.05) is 0 Å². The Hall–Kier alpha value is -0.0800. The summed E-state index contributed by atoms with van der Waals surface area (Å²) in [7, 11) is 0. The summed E-state index contributed by atoms with van der Waals surface area (Å²) in [4.78, 5) is 2.61. The summed E-state index contributed by atoms with van der Waals surface area (Å²) in [5.41, 5.74) is 0. The Morgan fingerprint density at radius 3 is 2.30 bits per heavy atom. The minimum Gasteiger partial charge on any atom is -0.378 e. The average molecular weight is 139 g/mol. The van der Waals surface area contributed by atoms with Crippen molar-refractivity contribution in [2.45, 2.75) is 12.5 Å². The summed E-state index contributed by atoms with van der Waals surface area (Å²) < 4.78 is 5.16. The molecule has 0 N–H and O–H groups in total. The standard InChI is InChI=1S/C8H13NO/c1-6-2-9(3-7(1)6)8-4-10-5-8/h6-8H,1-5H2/t6-,7+. The van der Waals surface area contributed by atoms with Crippen molar-refractivity contribution >= 4 is 0 Å². The molecule has 0 spiro atoms. The Bertz CT molecular complexity index is 145. The van der Waals surface area contributed by atoms with Crippen LogP contribution in [-0.4, -0.2) is 37.2 Å². The van der Waals surface area contributed by atoms with E-state index in [9.17, 15) is 0 Å². The lowest BCUT2D eigenvalue weighted by Crippen LogP contribution is -2.48. The molecule has 0 aromatic heterocycles. The van der Waals surface area contributed by atoms with Gasteiger partial charge in [-0.05, 0) is 18.3 Å². The van der Waals surface area contributed by atoms with E-state index in [4.69, 9.17) is 4.74 Å². The summed E-state index contributed by atoms with van der Waals surface area (Å²) in [6.07, 6.45) is 1.52. The highest BCUT2D eigenvalue weighted by molar-refractivity contribution is 4.99. The zero-order valence-electron chi connectivity index (χ0n) is 6.12. The van der Waals surface area contributed by atoms with Gasteiger partial charge in [0.2, 0.25) is 0 Å². The first kappa shape index (κ1) is 5.56. The number of hydrogen-bond acceptors (Lipinski definition) is 2.